The minimum atomic E-state index is -3.18. The second kappa shape index (κ2) is 7.27. The number of hydrogen-bond donors (Lipinski definition) is 1. The Hall–Kier alpha value is -1.07. The minimum absolute atomic E-state index is 0.148. The van der Waals surface area contributed by atoms with Crippen molar-refractivity contribution >= 4 is 15.5 Å². The summed E-state index contributed by atoms with van der Waals surface area (Å²) >= 11 is 0. The van der Waals surface area contributed by atoms with Crippen LogP contribution < -0.4 is 10.2 Å². The van der Waals surface area contributed by atoms with E-state index in [9.17, 15) is 8.42 Å². The van der Waals surface area contributed by atoms with E-state index in [0.29, 0.717) is 10.8 Å². The molecule has 0 bridgehead atoms. The lowest BCUT2D eigenvalue weighted by molar-refractivity contribution is 0.374. The van der Waals surface area contributed by atoms with Crippen molar-refractivity contribution in [1.29, 1.82) is 0 Å². The minimum Gasteiger partial charge on any atom is -0.370 e. The number of benzene rings is 1. The molecule has 0 aromatic heterocycles. The molecule has 2 rings (SSSR count). The average Bonchev–Trinajstić information content (AvgIpc) is 2.53. The van der Waals surface area contributed by atoms with Crippen molar-refractivity contribution in [3.05, 3.63) is 24.3 Å². The van der Waals surface area contributed by atoms with Gasteiger partial charge in [0.25, 0.3) is 0 Å². The maximum atomic E-state index is 12.3. The van der Waals surface area contributed by atoms with Gasteiger partial charge in [-0.1, -0.05) is 19.1 Å². The van der Waals surface area contributed by atoms with Gasteiger partial charge in [-0.15, -0.1) is 0 Å². The summed E-state index contributed by atoms with van der Waals surface area (Å²) in [7, 11) is -3.18. The summed E-state index contributed by atoms with van der Waals surface area (Å²) in [6, 6.07) is 7.41. The van der Waals surface area contributed by atoms with Gasteiger partial charge in [0, 0.05) is 13.1 Å². The predicted octanol–water partition coefficient (Wildman–Crippen LogP) is 2.31. The van der Waals surface area contributed by atoms with Crippen molar-refractivity contribution in [1.82, 2.24) is 5.32 Å². The van der Waals surface area contributed by atoms with Crippen LogP contribution in [0.25, 0.3) is 0 Å². The molecule has 0 saturated carbocycles. The highest BCUT2D eigenvalue weighted by Gasteiger charge is 2.22. The van der Waals surface area contributed by atoms with Crippen LogP contribution >= 0.6 is 0 Å². The van der Waals surface area contributed by atoms with Crippen molar-refractivity contribution in [2.75, 3.05) is 36.8 Å². The fraction of sp³-hybridized carbons (Fsp3) is 0.625. The molecule has 1 fully saturated rings. The molecule has 1 heterocycles. The van der Waals surface area contributed by atoms with Crippen LogP contribution in [0.1, 0.15) is 26.7 Å². The van der Waals surface area contributed by atoms with Gasteiger partial charge in [0.05, 0.1) is 16.3 Å². The summed E-state index contributed by atoms with van der Waals surface area (Å²) in [6.45, 7) is 7.70. The van der Waals surface area contributed by atoms with E-state index in [2.05, 4.69) is 17.1 Å². The van der Waals surface area contributed by atoms with Gasteiger partial charge in [-0.2, -0.15) is 0 Å². The summed E-state index contributed by atoms with van der Waals surface area (Å²) in [5.74, 6) is 0.790. The molecule has 4 nitrogen and oxygen atoms in total. The lowest BCUT2D eigenvalue weighted by Gasteiger charge is -2.32. The van der Waals surface area contributed by atoms with Crippen LogP contribution in [-0.2, 0) is 9.84 Å². The standard InChI is InChI=1S/C16H26N2O2S/c1-3-18(13-14-9-11-17-12-10-14)15-7-5-6-8-16(15)21(19,20)4-2/h5-8,14,17H,3-4,9-13H2,1-2H3. The number of nitrogens with zero attached hydrogens (tertiary/aromatic N) is 1. The normalized spacial score (nSPS) is 16.9. The van der Waals surface area contributed by atoms with E-state index in [0.717, 1.165) is 31.9 Å². The number of para-hydroxylation sites is 1. The van der Waals surface area contributed by atoms with Gasteiger partial charge in [-0.25, -0.2) is 8.42 Å². The van der Waals surface area contributed by atoms with Gasteiger partial charge >= 0.3 is 0 Å². The largest absolute Gasteiger partial charge is 0.370 e. The van der Waals surface area contributed by atoms with Crippen molar-refractivity contribution in [2.45, 2.75) is 31.6 Å². The molecule has 0 atom stereocenters. The second-order valence-electron chi connectivity index (χ2n) is 5.60. The number of rotatable bonds is 6. The Bertz CT molecular complexity index is 551. The van der Waals surface area contributed by atoms with Gasteiger partial charge in [0.1, 0.15) is 0 Å². The molecular weight excluding hydrogens is 284 g/mol. The van der Waals surface area contributed by atoms with E-state index in [1.807, 2.05) is 18.2 Å². The molecule has 1 N–H and O–H groups in total. The van der Waals surface area contributed by atoms with Crippen LogP contribution in [0.3, 0.4) is 0 Å². The molecule has 118 valence electrons. The first kappa shape index (κ1) is 16.3. The molecule has 0 aliphatic carbocycles. The van der Waals surface area contributed by atoms with Crippen LogP contribution in [0, 0.1) is 5.92 Å². The maximum absolute atomic E-state index is 12.3. The summed E-state index contributed by atoms with van der Waals surface area (Å²) in [5, 5.41) is 3.38. The highest BCUT2D eigenvalue weighted by Crippen LogP contribution is 2.27. The van der Waals surface area contributed by atoms with Crippen LogP contribution in [0.2, 0.25) is 0 Å². The Morgan fingerprint density at radius 3 is 2.48 bits per heavy atom. The third-order valence-corrected chi connectivity index (χ3v) is 6.02. The average molecular weight is 310 g/mol. The molecule has 21 heavy (non-hydrogen) atoms. The fourth-order valence-electron chi connectivity index (χ4n) is 2.91. The summed E-state index contributed by atoms with van der Waals surface area (Å²) in [4.78, 5) is 2.70. The quantitative estimate of drug-likeness (QED) is 0.876. The molecule has 1 saturated heterocycles. The smallest absolute Gasteiger partial charge is 0.180 e. The first-order valence-electron chi connectivity index (χ1n) is 7.86. The molecule has 0 unspecified atom stereocenters. The van der Waals surface area contributed by atoms with Crippen LogP contribution in [-0.4, -0.2) is 40.3 Å². The van der Waals surface area contributed by atoms with E-state index >= 15 is 0 Å². The molecule has 0 amide bonds. The van der Waals surface area contributed by atoms with Gasteiger partial charge in [-0.3, -0.25) is 0 Å². The highest BCUT2D eigenvalue weighted by molar-refractivity contribution is 7.91. The van der Waals surface area contributed by atoms with E-state index in [-0.39, 0.29) is 5.75 Å². The van der Waals surface area contributed by atoms with Gasteiger partial charge in [0.15, 0.2) is 9.84 Å². The van der Waals surface area contributed by atoms with Gasteiger partial charge in [0.2, 0.25) is 0 Å². The predicted molar refractivity (Wildman–Crippen MR) is 87.6 cm³/mol. The highest BCUT2D eigenvalue weighted by atomic mass is 32.2. The van der Waals surface area contributed by atoms with Crippen LogP contribution in [0.4, 0.5) is 5.69 Å². The van der Waals surface area contributed by atoms with Crippen molar-refractivity contribution < 1.29 is 8.42 Å². The number of sulfone groups is 1. The van der Waals surface area contributed by atoms with E-state index in [1.165, 1.54) is 12.8 Å². The number of anilines is 1. The van der Waals surface area contributed by atoms with Crippen molar-refractivity contribution in [3.8, 4) is 0 Å². The molecule has 0 radical (unpaired) electrons. The van der Waals surface area contributed by atoms with Crippen molar-refractivity contribution in [3.63, 3.8) is 0 Å². The van der Waals surface area contributed by atoms with Gasteiger partial charge < -0.3 is 10.2 Å². The molecule has 1 aliphatic rings. The molecule has 0 spiro atoms. The van der Waals surface area contributed by atoms with Gasteiger partial charge in [-0.05, 0) is 50.9 Å². The first-order valence-corrected chi connectivity index (χ1v) is 9.51. The lowest BCUT2D eigenvalue weighted by Crippen LogP contribution is -2.36. The summed E-state index contributed by atoms with van der Waals surface area (Å²) in [6.07, 6.45) is 2.33. The van der Waals surface area contributed by atoms with E-state index in [4.69, 9.17) is 0 Å². The number of nitrogens with one attached hydrogen (secondary N) is 1. The molecular formula is C16H26N2O2S. The Kier molecular flexibility index (Phi) is 5.65. The molecule has 5 heteroatoms. The SMILES string of the molecule is CCN(CC1CCNCC1)c1ccccc1S(=O)(=O)CC. The zero-order valence-corrected chi connectivity index (χ0v) is 13.8. The van der Waals surface area contributed by atoms with Crippen LogP contribution in [0.5, 0.6) is 0 Å². The van der Waals surface area contributed by atoms with E-state index in [1.54, 1.807) is 13.0 Å². The summed E-state index contributed by atoms with van der Waals surface area (Å²) < 4.78 is 24.6. The Labute approximate surface area is 128 Å². The molecule has 1 aromatic rings. The monoisotopic (exact) mass is 310 g/mol. The third-order valence-electron chi connectivity index (χ3n) is 4.24. The van der Waals surface area contributed by atoms with Crippen LogP contribution in [0.15, 0.2) is 29.2 Å². The lowest BCUT2D eigenvalue weighted by atomic mass is 9.97. The van der Waals surface area contributed by atoms with Crippen molar-refractivity contribution in [2.24, 2.45) is 5.92 Å². The Morgan fingerprint density at radius 2 is 1.86 bits per heavy atom. The number of piperidine rings is 1. The Balaban J connectivity index is 2.25. The third kappa shape index (κ3) is 3.98. The molecule has 1 aromatic carbocycles. The van der Waals surface area contributed by atoms with E-state index < -0.39 is 9.84 Å². The fourth-order valence-corrected chi connectivity index (χ4v) is 4.02. The second-order valence-corrected chi connectivity index (χ2v) is 7.85. The first-order chi connectivity index (χ1) is 10.1. The zero-order valence-electron chi connectivity index (χ0n) is 13.0. The maximum Gasteiger partial charge on any atom is 0.180 e. The topological polar surface area (TPSA) is 49.4 Å². The summed E-state index contributed by atoms with van der Waals surface area (Å²) in [5.41, 5.74) is 0.861. The zero-order chi connectivity index (χ0) is 15.3. The number of hydrogen-bond acceptors (Lipinski definition) is 4. The Morgan fingerprint density at radius 1 is 1.19 bits per heavy atom. The molecule has 1 aliphatic heterocycles.